The lowest BCUT2D eigenvalue weighted by atomic mass is 9.85. The van der Waals surface area contributed by atoms with Crippen LogP contribution in [0.25, 0.3) is 5.70 Å². The fourth-order valence-electron chi connectivity index (χ4n) is 3.41. The Labute approximate surface area is 170 Å². The van der Waals surface area contributed by atoms with Gasteiger partial charge in [-0.1, -0.05) is 6.07 Å². The van der Waals surface area contributed by atoms with Crippen molar-refractivity contribution in [2.75, 3.05) is 26.1 Å². The molecular weight excluding hydrogens is 368 g/mol. The number of carbonyl (C=O) groups excluding carboxylic acids is 2. The summed E-state index contributed by atoms with van der Waals surface area (Å²) < 4.78 is 10.1. The van der Waals surface area contributed by atoms with E-state index in [9.17, 15) is 9.59 Å². The minimum atomic E-state index is -0.243. The number of hydrogen-bond acceptors (Lipinski definition) is 5. The Bertz CT molecular complexity index is 946. The number of methoxy groups -OCH3 is 2. The van der Waals surface area contributed by atoms with Gasteiger partial charge in [0, 0.05) is 41.2 Å². The van der Waals surface area contributed by atoms with Crippen molar-refractivity contribution < 1.29 is 19.1 Å². The molecule has 29 heavy (non-hydrogen) atoms. The van der Waals surface area contributed by atoms with Gasteiger partial charge in [-0.25, -0.2) is 0 Å². The van der Waals surface area contributed by atoms with Crippen molar-refractivity contribution in [3.05, 3.63) is 65.2 Å². The number of anilines is 1. The van der Waals surface area contributed by atoms with Crippen LogP contribution in [0.2, 0.25) is 0 Å². The van der Waals surface area contributed by atoms with Crippen LogP contribution in [0.3, 0.4) is 0 Å². The highest BCUT2D eigenvalue weighted by molar-refractivity contribution is 6.09. The van der Waals surface area contributed by atoms with E-state index in [1.807, 2.05) is 18.2 Å². The molecule has 2 N–H and O–H groups in total. The topological polar surface area (TPSA) is 76.7 Å². The molecule has 1 amide bonds. The number of carbonyl (C=O) groups is 2. The Morgan fingerprint density at radius 3 is 2.52 bits per heavy atom. The van der Waals surface area contributed by atoms with Crippen LogP contribution in [0.15, 0.2) is 48.5 Å². The van der Waals surface area contributed by atoms with Crippen molar-refractivity contribution in [2.24, 2.45) is 0 Å². The van der Waals surface area contributed by atoms with Crippen LogP contribution in [0, 0.1) is 0 Å². The number of allylic oxidation sites excluding steroid dienone is 1. The molecule has 0 aliphatic carbocycles. The number of benzene rings is 2. The number of fused-ring (bicyclic) bond motifs is 1. The molecule has 0 spiro atoms. The Kier molecular flexibility index (Phi) is 6.03. The summed E-state index contributed by atoms with van der Waals surface area (Å²) in [5.41, 5.74) is 3.91. The zero-order valence-electron chi connectivity index (χ0n) is 17.2. The van der Waals surface area contributed by atoms with Crippen molar-refractivity contribution in [1.82, 2.24) is 5.32 Å². The molecule has 1 heterocycles. The molecule has 152 valence electrons. The number of nitrogens with one attached hydrogen (secondary N) is 2. The van der Waals surface area contributed by atoms with Crippen LogP contribution in [-0.2, 0) is 16.0 Å². The monoisotopic (exact) mass is 394 g/mol. The van der Waals surface area contributed by atoms with Gasteiger partial charge in [0.25, 0.3) is 0 Å². The first-order valence-electron chi connectivity index (χ1n) is 9.41. The van der Waals surface area contributed by atoms with Gasteiger partial charge in [-0.15, -0.1) is 0 Å². The van der Waals surface area contributed by atoms with Crippen LogP contribution in [0.1, 0.15) is 35.3 Å². The third kappa shape index (κ3) is 5.03. The quantitative estimate of drug-likeness (QED) is 0.580. The van der Waals surface area contributed by atoms with Crippen LogP contribution in [0.4, 0.5) is 5.69 Å². The predicted octanol–water partition coefficient (Wildman–Crippen LogP) is 3.43. The van der Waals surface area contributed by atoms with Crippen LogP contribution < -0.4 is 15.4 Å². The number of hydrogen-bond donors (Lipinski definition) is 2. The maximum absolute atomic E-state index is 12.9. The molecule has 2 aromatic carbocycles. The summed E-state index contributed by atoms with van der Waals surface area (Å²) in [6.07, 6.45) is 2.48. The Morgan fingerprint density at radius 1 is 1.14 bits per heavy atom. The lowest BCUT2D eigenvalue weighted by molar-refractivity contribution is -0.119. The molecule has 0 radical (unpaired) electrons. The average molecular weight is 394 g/mol. The van der Waals surface area contributed by atoms with Gasteiger partial charge in [-0.3, -0.25) is 9.59 Å². The van der Waals surface area contributed by atoms with E-state index < -0.39 is 0 Å². The Hall–Kier alpha value is -3.12. The molecule has 0 atom stereocenters. The molecule has 0 fully saturated rings. The van der Waals surface area contributed by atoms with Crippen molar-refractivity contribution >= 4 is 23.1 Å². The molecule has 0 aromatic heterocycles. The lowest BCUT2D eigenvalue weighted by Crippen LogP contribution is -2.43. The predicted molar refractivity (Wildman–Crippen MR) is 113 cm³/mol. The van der Waals surface area contributed by atoms with E-state index in [0.717, 1.165) is 23.4 Å². The zero-order chi connectivity index (χ0) is 21.0. The van der Waals surface area contributed by atoms with Gasteiger partial charge in [-0.05, 0) is 62.2 Å². The van der Waals surface area contributed by atoms with E-state index in [2.05, 4.69) is 24.5 Å². The fraction of sp³-hybridized carbons (Fsp3) is 0.304. The van der Waals surface area contributed by atoms with E-state index in [4.69, 9.17) is 9.47 Å². The first-order valence-corrected chi connectivity index (χ1v) is 9.41. The summed E-state index contributed by atoms with van der Waals surface area (Å²) >= 11 is 0. The molecule has 0 saturated carbocycles. The van der Waals surface area contributed by atoms with Crippen LogP contribution in [-0.4, -0.2) is 38.1 Å². The fourth-order valence-corrected chi connectivity index (χ4v) is 3.41. The number of amides is 1. The van der Waals surface area contributed by atoms with Crippen LogP contribution in [0.5, 0.6) is 5.75 Å². The van der Waals surface area contributed by atoms with Crippen molar-refractivity contribution in [1.29, 1.82) is 0 Å². The van der Waals surface area contributed by atoms with E-state index >= 15 is 0 Å². The lowest BCUT2D eigenvalue weighted by Gasteiger charge is -2.35. The van der Waals surface area contributed by atoms with Gasteiger partial charge in [0.2, 0.25) is 5.91 Å². The molecule has 6 nitrogen and oxygen atoms in total. The summed E-state index contributed by atoms with van der Waals surface area (Å²) in [6, 6.07) is 12.7. The van der Waals surface area contributed by atoms with Crippen molar-refractivity contribution in [2.45, 2.75) is 25.8 Å². The SMILES string of the molecule is COCC(=O)Nc1ccc(C(=O)C=C2NC(C)(C)Cc3ccc(OC)cc32)cc1. The number of rotatable bonds is 6. The molecule has 6 heteroatoms. The Balaban J connectivity index is 1.85. The first-order chi connectivity index (χ1) is 13.8. The minimum Gasteiger partial charge on any atom is -0.497 e. The second kappa shape index (κ2) is 8.49. The third-order valence-corrected chi connectivity index (χ3v) is 4.72. The normalized spacial score (nSPS) is 15.9. The zero-order valence-corrected chi connectivity index (χ0v) is 17.2. The summed E-state index contributed by atoms with van der Waals surface area (Å²) in [6.45, 7) is 4.20. The van der Waals surface area contributed by atoms with E-state index in [1.165, 1.54) is 12.7 Å². The highest BCUT2D eigenvalue weighted by atomic mass is 16.5. The first kappa shape index (κ1) is 20.6. The van der Waals surface area contributed by atoms with Crippen LogP contribution >= 0.6 is 0 Å². The molecule has 0 unspecified atom stereocenters. The molecule has 2 aromatic rings. The summed E-state index contributed by atoms with van der Waals surface area (Å²) in [5, 5.41) is 6.18. The second-order valence-electron chi connectivity index (χ2n) is 7.69. The largest absolute Gasteiger partial charge is 0.497 e. The Morgan fingerprint density at radius 2 is 1.86 bits per heavy atom. The molecular formula is C23H26N2O4. The standard InChI is InChI=1S/C23H26N2O4/c1-23(2)13-16-7-10-18(29-4)11-19(16)20(25-23)12-21(26)15-5-8-17(9-6-15)24-22(27)14-28-3/h5-12,25H,13-14H2,1-4H3,(H,24,27). The summed E-state index contributed by atoms with van der Waals surface area (Å²) in [5.74, 6) is 0.390. The maximum atomic E-state index is 12.9. The molecule has 3 rings (SSSR count). The van der Waals surface area contributed by atoms with E-state index in [1.54, 1.807) is 37.5 Å². The van der Waals surface area contributed by atoms with Gasteiger partial charge >= 0.3 is 0 Å². The molecule has 1 aliphatic heterocycles. The van der Waals surface area contributed by atoms with Crippen molar-refractivity contribution in [3.8, 4) is 5.75 Å². The van der Waals surface area contributed by atoms with Gasteiger partial charge < -0.3 is 20.1 Å². The number of ether oxygens (including phenoxy) is 2. The van der Waals surface area contributed by atoms with E-state index in [0.29, 0.717) is 11.3 Å². The molecule has 1 aliphatic rings. The van der Waals surface area contributed by atoms with E-state index in [-0.39, 0.29) is 23.8 Å². The average Bonchev–Trinajstić information content (AvgIpc) is 2.67. The highest BCUT2D eigenvalue weighted by Gasteiger charge is 2.28. The van der Waals surface area contributed by atoms with Gasteiger partial charge in [0.15, 0.2) is 5.78 Å². The third-order valence-electron chi connectivity index (χ3n) is 4.72. The summed E-state index contributed by atoms with van der Waals surface area (Å²) in [7, 11) is 3.09. The maximum Gasteiger partial charge on any atom is 0.250 e. The smallest absolute Gasteiger partial charge is 0.250 e. The number of ketones is 1. The summed E-state index contributed by atoms with van der Waals surface area (Å²) in [4.78, 5) is 24.5. The minimum absolute atomic E-state index is 0.0168. The van der Waals surface area contributed by atoms with Gasteiger partial charge in [0.05, 0.1) is 7.11 Å². The van der Waals surface area contributed by atoms with Gasteiger partial charge in [0.1, 0.15) is 12.4 Å². The molecule has 0 bridgehead atoms. The van der Waals surface area contributed by atoms with Gasteiger partial charge in [-0.2, -0.15) is 0 Å². The highest BCUT2D eigenvalue weighted by Crippen LogP contribution is 2.32. The second-order valence-corrected chi connectivity index (χ2v) is 7.69. The molecule has 0 saturated heterocycles. The van der Waals surface area contributed by atoms with Crippen molar-refractivity contribution in [3.63, 3.8) is 0 Å².